The van der Waals surface area contributed by atoms with E-state index in [2.05, 4.69) is 15.6 Å². The zero-order valence-corrected chi connectivity index (χ0v) is 13.2. The van der Waals surface area contributed by atoms with Gasteiger partial charge in [0.15, 0.2) is 0 Å². The van der Waals surface area contributed by atoms with Gasteiger partial charge in [-0.25, -0.2) is 4.98 Å². The molecular formula is C19H17N3O2. The fourth-order valence-corrected chi connectivity index (χ4v) is 2.29. The molecule has 1 aromatic heterocycles. The number of aryl methyl sites for hydroxylation is 1. The SMILES string of the molecule is Cc1ccc(C(=O)NCC(=O)Nc2ccc3ccccc3n2)cc1. The number of fused-ring (bicyclic) bond motifs is 1. The summed E-state index contributed by atoms with van der Waals surface area (Å²) in [4.78, 5) is 28.3. The highest BCUT2D eigenvalue weighted by atomic mass is 16.2. The third kappa shape index (κ3) is 3.76. The second-order valence-electron chi connectivity index (χ2n) is 5.49. The van der Waals surface area contributed by atoms with Gasteiger partial charge in [0.1, 0.15) is 5.82 Å². The van der Waals surface area contributed by atoms with E-state index in [0.29, 0.717) is 11.4 Å². The number of rotatable bonds is 4. The van der Waals surface area contributed by atoms with Gasteiger partial charge in [-0.05, 0) is 37.3 Å². The Morgan fingerprint density at radius 1 is 0.958 bits per heavy atom. The molecule has 0 fully saturated rings. The van der Waals surface area contributed by atoms with E-state index in [1.807, 2.05) is 49.4 Å². The summed E-state index contributed by atoms with van der Waals surface area (Å²) >= 11 is 0. The first kappa shape index (κ1) is 15.7. The minimum absolute atomic E-state index is 0.110. The van der Waals surface area contributed by atoms with Gasteiger partial charge in [0.05, 0.1) is 12.1 Å². The van der Waals surface area contributed by atoms with Crippen LogP contribution in [0, 0.1) is 6.92 Å². The van der Waals surface area contributed by atoms with E-state index in [0.717, 1.165) is 16.5 Å². The largest absolute Gasteiger partial charge is 0.343 e. The number of carbonyl (C=O) groups excluding carboxylic acids is 2. The molecule has 0 unspecified atom stereocenters. The molecule has 120 valence electrons. The molecule has 24 heavy (non-hydrogen) atoms. The average Bonchev–Trinajstić information content (AvgIpc) is 2.60. The van der Waals surface area contributed by atoms with Gasteiger partial charge in [0.25, 0.3) is 5.91 Å². The summed E-state index contributed by atoms with van der Waals surface area (Å²) < 4.78 is 0. The van der Waals surface area contributed by atoms with Gasteiger partial charge >= 0.3 is 0 Å². The standard InChI is InChI=1S/C19H17N3O2/c1-13-6-8-15(9-7-13)19(24)20-12-18(23)22-17-11-10-14-4-2-3-5-16(14)21-17/h2-11H,12H2,1H3,(H,20,24)(H,21,22,23). The number of amides is 2. The van der Waals surface area contributed by atoms with Crippen molar-refractivity contribution in [2.45, 2.75) is 6.92 Å². The van der Waals surface area contributed by atoms with Crippen molar-refractivity contribution in [2.24, 2.45) is 0 Å². The predicted octanol–water partition coefficient (Wildman–Crippen LogP) is 2.91. The first-order chi connectivity index (χ1) is 11.6. The first-order valence-corrected chi connectivity index (χ1v) is 7.62. The fraction of sp³-hybridized carbons (Fsp3) is 0.105. The summed E-state index contributed by atoms with van der Waals surface area (Å²) in [5, 5.41) is 6.29. The van der Waals surface area contributed by atoms with Gasteiger partial charge in [-0.3, -0.25) is 9.59 Å². The number of hydrogen-bond donors (Lipinski definition) is 2. The summed E-state index contributed by atoms with van der Waals surface area (Å²) in [6, 6.07) is 18.5. The minimum atomic E-state index is -0.321. The minimum Gasteiger partial charge on any atom is -0.343 e. The topological polar surface area (TPSA) is 71.1 Å². The van der Waals surface area contributed by atoms with Crippen LogP contribution in [0.3, 0.4) is 0 Å². The van der Waals surface area contributed by atoms with Crippen molar-refractivity contribution >= 4 is 28.5 Å². The van der Waals surface area contributed by atoms with Crippen molar-refractivity contribution in [2.75, 3.05) is 11.9 Å². The molecule has 0 aliphatic carbocycles. The van der Waals surface area contributed by atoms with Gasteiger partial charge in [0, 0.05) is 10.9 Å². The molecule has 0 saturated heterocycles. The molecule has 0 atom stereocenters. The molecule has 0 spiro atoms. The van der Waals surface area contributed by atoms with Crippen LogP contribution in [0.25, 0.3) is 10.9 Å². The lowest BCUT2D eigenvalue weighted by molar-refractivity contribution is -0.115. The molecule has 5 heteroatoms. The van der Waals surface area contributed by atoms with E-state index >= 15 is 0 Å². The molecular weight excluding hydrogens is 302 g/mol. The van der Waals surface area contributed by atoms with Crippen LogP contribution < -0.4 is 10.6 Å². The lowest BCUT2D eigenvalue weighted by Crippen LogP contribution is -2.33. The molecule has 3 rings (SSSR count). The fourth-order valence-electron chi connectivity index (χ4n) is 2.29. The normalized spacial score (nSPS) is 10.4. The number of carbonyl (C=O) groups is 2. The van der Waals surface area contributed by atoms with Gasteiger partial charge < -0.3 is 10.6 Å². The Morgan fingerprint density at radius 2 is 1.71 bits per heavy atom. The van der Waals surface area contributed by atoms with Crippen molar-refractivity contribution in [1.29, 1.82) is 0 Å². The molecule has 0 aliphatic rings. The predicted molar refractivity (Wildman–Crippen MR) is 93.9 cm³/mol. The summed E-state index contributed by atoms with van der Waals surface area (Å²) in [7, 11) is 0. The third-order valence-corrected chi connectivity index (χ3v) is 3.59. The summed E-state index contributed by atoms with van der Waals surface area (Å²) in [6.07, 6.45) is 0. The molecule has 0 aliphatic heterocycles. The molecule has 2 amide bonds. The van der Waals surface area contributed by atoms with E-state index < -0.39 is 0 Å². The Kier molecular flexibility index (Phi) is 4.52. The van der Waals surface area contributed by atoms with Crippen LogP contribution in [-0.2, 0) is 4.79 Å². The molecule has 0 radical (unpaired) electrons. The third-order valence-electron chi connectivity index (χ3n) is 3.59. The van der Waals surface area contributed by atoms with Crippen LogP contribution in [0.2, 0.25) is 0 Å². The maximum Gasteiger partial charge on any atom is 0.251 e. The van der Waals surface area contributed by atoms with E-state index in [4.69, 9.17) is 0 Å². The molecule has 3 aromatic rings. The number of pyridine rings is 1. The van der Waals surface area contributed by atoms with Crippen LogP contribution in [0.4, 0.5) is 5.82 Å². The Hall–Kier alpha value is -3.21. The molecule has 2 N–H and O–H groups in total. The second-order valence-corrected chi connectivity index (χ2v) is 5.49. The van der Waals surface area contributed by atoms with E-state index in [1.165, 1.54) is 0 Å². The second kappa shape index (κ2) is 6.91. The van der Waals surface area contributed by atoms with Crippen LogP contribution >= 0.6 is 0 Å². The van der Waals surface area contributed by atoms with Gasteiger partial charge in [0.2, 0.25) is 5.91 Å². The lowest BCUT2D eigenvalue weighted by Gasteiger charge is -2.07. The van der Waals surface area contributed by atoms with Crippen molar-refractivity contribution < 1.29 is 9.59 Å². The number of hydrogen-bond acceptors (Lipinski definition) is 3. The van der Waals surface area contributed by atoms with Crippen LogP contribution in [0.1, 0.15) is 15.9 Å². The number of anilines is 1. The Morgan fingerprint density at radius 3 is 2.50 bits per heavy atom. The highest BCUT2D eigenvalue weighted by Gasteiger charge is 2.08. The summed E-state index contributed by atoms with van der Waals surface area (Å²) in [5.41, 5.74) is 2.41. The van der Waals surface area contributed by atoms with E-state index in [9.17, 15) is 9.59 Å². The first-order valence-electron chi connectivity index (χ1n) is 7.62. The van der Waals surface area contributed by atoms with Crippen molar-refractivity contribution in [1.82, 2.24) is 10.3 Å². The average molecular weight is 319 g/mol. The van der Waals surface area contributed by atoms with Crippen molar-refractivity contribution in [3.05, 3.63) is 71.8 Å². The van der Waals surface area contributed by atoms with E-state index in [1.54, 1.807) is 18.2 Å². The van der Waals surface area contributed by atoms with Gasteiger partial charge in [-0.15, -0.1) is 0 Å². The number of aromatic nitrogens is 1. The smallest absolute Gasteiger partial charge is 0.251 e. The molecule has 5 nitrogen and oxygen atoms in total. The van der Waals surface area contributed by atoms with Crippen molar-refractivity contribution in [3.8, 4) is 0 Å². The molecule has 0 bridgehead atoms. The Bertz CT molecular complexity index is 889. The lowest BCUT2D eigenvalue weighted by atomic mass is 10.1. The molecule has 0 saturated carbocycles. The zero-order chi connectivity index (χ0) is 16.9. The Balaban J connectivity index is 1.58. The van der Waals surface area contributed by atoms with Gasteiger partial charge in [-0.1, -0.05) is 35.9 Å². The maximum absolute atomic E-state index is 12.0. The van der Waals surface area contributed by atoms with Gasteiger partial charge in [-0.2, -0.15) is 0 Å². The van der Waals surface area contributed by atoms with E-state index in [-0.39, 0.29) is 18.4 Å². The summed E-state index contributed by atoms with van der Waals surface area (Å²) in [6.45, 7) is 1.84. The molecule has 1 heterocycles. The van der Waals surface area contributed by atoms with Crippen LogP contribution in [0.5, 0.6) is 0 Å². The zero-order valence-electron chi connectivity index (χ0n) is 13.2. The number of nitrogens with one attached hydrogen (secondary N) is 2. The summed E-state index contributed by atoms with van der Waals surface area (Å²) in [5.74, 6) is -0.141. The quantitative estimate of drug-likeness (QED) is 0.777. The van der Waals surface area contributed by atoms with Crippen molar-refractivity contribution in [3.63, 3.8) is 0 Å². The monoisotopic (exact) mass is 319 g/mol. The number of benzene rings is 2. The highest BCUT2D eigenvalue weighted by Crippen LogP contribution is 2.14. The Labute approximate surface area is 139 Å². The maximum atomic E-state index is 12.0. The molecule has 2 aromatic carbocycles. The highest BCUT2D eigenvalue weighted by molar-refractivity contribution is 5.99. The van der Waals surface area contributed by atoms with Crippen LogP contribution in [0.15, 0.2) is 60.7 Å². The number of nitrogens with zero attached hydrogens (tertiary/aromatic N) is 1. The number of para-hydroxylation sites is 1. The van der Waals surface area contributed by atoms with Crippen LogP contribution in [-0.4, -0.2) is 23.3 Å².